The fourth-order valence-corrected chi connectivity index (χ4v) is 0.907. The molecule has 1 unspecified atom stereocenters. The summed E-state index contributed by atoms with van der Waals surface area (Å²) < 4.78 is 153. The molecule has 121 valence electrons. The van der Waals surface area contributed by atoms with Gasteiger partial charge in [0.25, 0.3) is 0 Å². The molecule has 1 atom stereocenters. The minimum absolute atomic E-state index is 1.56. The molecule has 20 heavy (non-hydrogen) atoms. The first kappa shape index (κ1) is 19.1. The summed E-state index contributed by atoms with van der Waals surface area (Å²) in [5.74, 6) is -6.73. The maximum atomic E-state index is 12.6. The molecule has 1 radical (unpaired) electrons. The molecule has 3 nitrogen and oxygen atoms in total. The zero-order chi connectivity index (χ0) is 16.8. The van der Waals surface area contributed by atoms with E-state index in [9.17, 15) is 56.2 Å². The van der Waals surface area contributed by atoms with Crippen molar-refractivity contribution in [2.24, 2.45) is 0 Å². The molecule has 0 spiro atoms. The molecule has 0 aliphatic rings. The van der Waals surface area contributed by atoms with Gasteiger partial charge in [0.05, 0.1) is 0 Å². The van der Waals surface area contributed by atoms with Crippen molar-refractivity contribution in [1.29, 1.82) is 0 Å². The molecule has 0 saturated carbocycles. The van der Waals surface area contributed by atoms with Gasteiger partial charge in [-0.3, -0.25) is 4.74 Å². The maximum absolute atomic E-state index is 12.6. The first-order valence-electron chi connectivity index (χ1n) is 3.74. The Labute approximate surface area is 102 Å². The minimum Gasteiger partial charge on any atom is -0.264 e. The van der Waals surface area contributed by atoms with E-state index in [4.69, 9.17) is 0 Å². The zero-order valence-electron chi connectivity index (χ0n) is 8.29. The number of rotatable bonds is 5. The van der Waals surface area contributed by atoms with Crippen LogP contribution in [0.25, 0.3) is 0 Å². The molecule has 0 bridgehead atoms. The highest BCUT2D eigenvalue weighted by molar-refractivity contribution is 7.87. The fourth-order valence-electron chi connectivity index (χ4n) is 0.582. The van der Waals surface area contributed by atoms with Gasteiger partial charge in [-0.05, 0) is 0 Å². The van der Waals surface area contributed by atoms with Crippen LogP contribution in [0, 0.1) is 6.43 Å². The summed E-state index contributed by atoms with van der Waals surface area (Å²) in [6.07, 6.45) is -18.7. The summed E-state index contributed by atoms with van der Waals surface area (Å²) in [7, 11) is -7.60. The third-order valence-corrected chi connectivity index (χ3v) is 2.37. The zero-order valence-corrected chi connectivity index (χ0v) is 9.11. The highest BCUT2D eigenvalue weighted by Crippen LogP contribution is 2.51. The minimum atomic E-state index is -7.60. The van der Waals surface area contributed by atoms with Crippen molar-refractivity contribution >= 4 is 10.2 Å². The molecule has 0 aromatic heterocycles. The Hall–Kier alpha value is -0.860. The number of hydrogen-bond donors (Lipinski definition) is 0. The standard InChI is InChI=1S/C5F11O3S/c6-1(7)2(8,3(9,10)11)19-4(12,13)5(14,15)20(16,17)18. The van der Waals surface area contributed by atoms with Crippen LogP contribution in [0.5, 0.6) is 0 Å². The quantitative estimate of drug-likeness (QED) is 0.566. The van der Waals surface area contributed by atoms with Crippen molar-refractivity contribution in [3.05, 3.63) is 6.43 Å². The normalized spacial score (nSPS) is 18.2. The van der Waals surface area contributed by atoms with E-state index in [0.717, 1.165) is 0 Å². The molecule has 0 fully saturated rings. The average Bonchev–Trinajstić information content (AvgIpc) is 2.12. The maximum Gasteiger partial charge on any atom is 0.464 e. The second-order valence-electron chi connectivity index (χ2n) is 2.93. The molecule has 0 saturated heterocycles. The van der Waals surface area contributed by atoms with Crippen molar-refractivity contribution in [1.82, 2.24) is 0 Å². The predicted molar refractivity (Wildman–Crippen MR) is 36.4 cm³/mol. The molecule has 0 aliphatic carbocycles. The van der Waals surface area contributed by atoms with Gasteiger partial charge in [0, 0.05) is 0 Å². The van der Waals surface area contributed by atoms with Crippen molar-refractivity contribution in [3.8, 4) is 0 Å². The molecule has 15 heteroatoms. The average molecular weight is 349 g/mol. The van der Waals surface area contributed by atoms with Crippen LogP contribution in [-0.2, 0) is 15.0 Å². The predicted octanol–water partition coefficient (Wildman–Crippen LogP) is 3.14. The van der Waals surface area contributed by atoms with Crippen LogP contribution in [-0.4, -0.2) is 31.8 Å². The Bertz CT molecular complexity index is 453. The molecule has 0 aromatic rings. The number of halogens is 11. The van der Waals surface area contributed by atoms with Crippen molar-refractivity contribution in [2.45, 2.75) is 23.4 Å². The van der Waals surface area contributed by atoms with Crippen molar-refractivity contribution in [3.63, 3.8) is 0 Å². The van der Waals surface area contributed by atoms with Crippen molar-refractivity contribution < 1.29 is 60.9 Å². The van der Waals surface area contributed by atoms with E-state index in [1.807, 2.05) is 0 Å². The van der Waals surface area contributed by atoms with Gasteiger partial charge in [-0.25, -0.2) is 0 Å². The summed E-state index contributed by atoms with van der Waals surface area (Å²) in [4.78, 5) is 0. The van der Waals surface area contributed by atoms with Crippen LogP contribution in [0.1, 0.15) is 0 Å². The Morgan fingerprint density at radius 3 is 1.40 bits per heavy atom. The van der Waals surface area contributed by atoms with Gasteiger partial charge in [0.15, 0.2) is 0 Å². The smallest absolute Gasteiger partial charge is 0.264 e. The Kier molecular flexibility index (Phi) is 4.64. The van der Waals surface area contributed by atoms with Crippen LogP contribution in [0.2, 0.25) is 0 Å². The molecule has 0 N–H and O–H groups in total. The Morgan fingerprint density at radius 1 is 0.850 bits per heavy atom. The molecule has 0 heterocycles. The summed E-state index contributed by atoms with van der Waals surface area (Å²) in [5, 5.41) is -7.04. The van der Waals surface area contributed by atoms with Crippen molar-refractivity contribution in [2.75, 3.05) is 0 Å². The lowest BCUT2D eigenvalue weighted by Crippen LogP contribution is -2.57. The van der Waals surface area contributed by atoms with E-state index in [-0.39, 0.29) is 0 Å². The van der Waals surface area contributed by atoms with Gasteiger partial charge in [-0.15, -0.1) is 0 Å². The molecule has 0 aromatic carbocycles. The molecule has 0 rings (SSSR count). The highest BCUT2D eigenvalue weighted by Gasteiger charge is 2.77. The Balaban J connectivity index is 5.79. The van der Waals surface area contributed by atoms with E-state index < -0.39 is 40.0 Å². The van der Waals surface area contributed by atoms with Gasteiger partial charge in [0.1, 0.15) is 0 Å². The molecular formula is C5F11O3S. The SMILES string of the molecule is O=S(=O)(F)C(F)(F)C(F)(F)OC(F)([C](F)F)C(F)(F)F. The Morgan fingerprint density at radius 2 is 1.20 bits per heavy atom. The van der Waals surface area contributed by atoms with E-state index in [2.05, 4.69) is 0 Å². The van der Waals surface area contributed by atoms with Crippen LogP contribution < -0.4 is 0 Å². The largest absolute Gasteiger partial charge is 0.464 e. The summed E-state index contributed by atoms with van der Waals surface area (Å²) in [6, 6.07) is 0. The van der Waals surface area contributed by atoms with Gasteiger partial charge in [0.2, 0.25) is 0 Å². The summed E-state index contributed by atoms with van der Waals surface area (Å²) in [5.41, 5.74) is 0. The summed E-state index contributed by atoms with van der Waals surface area (Å²) >= 11 is 0. The number of hydrogen-bond acceptors (Lipinski definition) is 3. The third kappa shape index (κ3) is 3.07. The molecule has 0 amide bonds. The second kappa shape index (κ2) is 4.85. The van der Waals surface area contributed by atoms with Gasteiger partial charge in [-0.1, -0.05) is 3.89 Å². The van der Waals surface area contributed by atoms with E-state index in [1.54, 1.807) is 4.74 Å². The van der Waals surface area contributed by atoms with Gasteiger partial charge in [-0.2, -0.15) is 52.3 Å². The lowest BCUT2D eigenvalue weighted by molar-refractivity contribution is -0.443. The topological polar surface area (TPSA) is 43.4 Å². The van der Waals surface area contributed by atoms with Gasteiger partial charge < -0.3 is 0 Å². The number of ether oxygens (including phenoxy) is 1. The first-order chi connectivity index (χ1) is 8.40. The monoisotopic (exact) mass is 349 g/mol. The lowest BCUT2D eigenvalue weighted by atomic mass is 10.3. The van der Waals surface area contributed by atoms with E-state index in [0.29, 0.717) is 0 Å². The van der Waals surface area contributed by atoms with Crippen LogP contribution in [0.4, 0.5) is 47.8 Å². The van der Waals surface area contributed by atoms with Crippen LogP contribution in [0.3, 0.4) is 0 Å². The highest BCUT2D eigenvalue weighted by atomic mass is 32.3. The summed E-state index contributed by atoms with van der Waals surface area (Å²) in [6.45, 7) is 0. The van der Waals surface area contributed by atoms with E-state index in [1.165, 1.54) is 0 Å². The van der Waals surface area contributed by atoms with Crippen LogP contribution >= 0.6 is 0 Å². The van der Waals surface area contributed by atoms with E-state index >= 15 is 0 Å². The lowest BCUT2D eigenvalue weighted by Gasteiger charge is -2.31. The second-order valence-corrected chi connectivity index (χ2v) is 4.32. The first-order valence-corrected chi connectivity index (χ1v) is 5.12. The van der Waals surface area contributed by atoms with Crippen LogP contribution in [0.15, 0.2) is 0 Å². The number of alkyl halides is 8. The van der Waals surface area contributed by atoms with Gasteiger partial charge >= 0.3 is 40.0 Å². The fraction of sp³-hybridized carbons (Fsp3) is 0.800. The molecule has 0 aliphatic heterocycles. The molecular weight excluding hydrogens is 349 g/mol. The third-order valence-electron chi connectivity index (χ3n) is 1.52.